The number of nitrogens with one attached hydrogen (secondary N) is 2. The highest BCUT2D eigenvalue weighted by atomic mass is 16.5. The summed E-state index contributed by atoms with van der Waals surface area (Å²) in [4.78, 5) is 40.1. The standard InChI is InChI=1S/C26H38N6O4/c1-2-36-21-10-6-9-20(17-21)30-26(35)23(12-11-19-7-4-3-5-8-19)31-25(34)22(29)18-24(33)32(15-13-27)16-14-28/h3-10,17,22-23H,2,11-16,18,27-29H2,1H3,(H,30,35)(H,31,34)/t22-,23-/m0/s1. The average Bonchev–Trinajstić information content (AvgIpc) is 2.87. The molecular formula is C26H38N6O4. The number of nitrogens with zero attached hydrogens (tertiary/aromatic N) is 1. The predicted octanol–water partition coefficient (Wildman–Crippen LogP) is 0.605. The fourth-order valence-corrected chi connectivity index (χ4v) is 3.65. The van der Waals surface area contributed by atoms with E-state index in [4.69, 9.17) is 21.9 Å². The van der Waals surface area contributed by atoms with Crippen molar-refractivity contribution in [3.63, 3.8) is 0 Å². The maximum Gasteiger partial charge on any atom is 0.246 e. The summed E-state index contributed by atoms with van der Waals surface area (Å²) in [6.07, 6.45) is 0.697. The van der Waals surface area contributed by atoms with Gasteiger partial charge in [0, 0.05) is 37.9 Å². The van der Waals surface area contributed by atoms with Gasteiger partial charge in [-0.2, -0.15) is 0 Å². The van der Waals surface area contributed by atoms with E-state index >= 15 is 0 Å². The fraction of sp³-hybridized carbons (Fsp3) is 0.423. The van der Waals surface area contributed by atoms with Crippen LogP contribution in [0.5, 0.6) is 5.75 Å². The van der Waals surface area contributed by atoms with Crippen LogP contribution < -0.4 is 32.6 Å². The normalized spacial score (nSPS) is 12.3. The first kappa shape index (κ1) is 28.8. The molecule has 0 radical (unpaired) electrons. The Morgan fingerprint density at radius 2 is 1.67 bits per heavy atom. The highest BCUT2D eigenvalue weighted by molar-refractivity contribution is 5.98. The second-order valence-electron chi connectivity index (χ2n) is 8.30. The van der Waals surface area contributed by atoms with E-state index < -0.39 is 18.0 Å². The minimum Gasteiger partial charge on any atom is -0.494 e. The number of hydrogen-bond acceptors (Lipinski definition) is 7. The molecule has 0 aromatic heterocycles. The van der Waals surface area contributed by atoms with Crippen molar-refractivity contribution in [1.29, 1.82) is 0 Å². The molecule has 0 aliphatic heterocycles. The van der Waals surface area contributed by atoms with E-state index in [1.807, 2.05) is 37.3 Å². The van der Waals surface area contributed by atoms with E-state index in [2.05, 4.69) is 10.6 Å². The maximum atomic E-state index is 13.2. The summed E-state index contributed by atoms with van der Waals surface area (Å²) in [6.45, 7) is 3.58. The number of aryl methyl sites for hydroxylation is 1. The van der Waals surface area contributed by atoms with Crippen LogP contribution in [0.1, 0.15) is 25.3 Å². The number of anilines is 1. The minimum absolute atomic E-state index is 0.213. The smallest absolute Gasteiger partial charge is 0.246 e. The number of nitrogens with two attached hydrogens (primary N) is 3. The summed E-state index contributed by atoms with van der Waals surface area (Å²) in [5.41, 5.74) is 18.7. The van der Waals surface area contributed by atoms with Crippen LogP contribution in [0.25, 0.3) is 0 Å². The lowest BCUT2D eigenvalue weighted by Crippen LogP contribution is -2.52. The Bertz CT molecular complexity index is 966. The molecular weight excluding hydrogens is 460 g/mol. The summed E-state index contributed by atoms with van der Waals surface area (Å²) in [5.74, 6) is -0.661. The number of carbonyl (C=O) groups is 3. The summed E-state index contributed by atoms with van der Waals surface area (Å²) in [5, 5.41) is 5.56. The number of benzene rings is 2. The van der Waals surface area contributed by atoms with Gasteiger partial charge in [0.15, 0.2) is 0 Å². The third-order valence-electron chi connectivity index (χ3n) is 5.49. The molecule has 0 aliphatic carbocycles. The molecule has 10 heteroatoms. The van der Waals surface area contributed by atoms with Crippen molar-refractivity contribution in [2.75, 3.05) is 38.1 Å². The first-order valence-electron chi connectivity index (χ1n) is 12.2. The summed E-state index contributed by atoms with van der Waals surface area (Å²) < 4.78 is 5.49. The van der Waals surface area contributed by atoms with Gasteiger partial charge >= 0.3 is 0 Å². The lowest BCUT2D eigenvalue weighted by Gasteiger charge is -2.24. The molecule has 3 amide bonds. The highest BCUT2D eigenvalue weighted by Gasteiger charge is 2.26. The maximum absolute atomic E-state index is 13.2. The zero-order valence-corrected chi connectivity index (χ0v) is 20.8. The summed E-state index contributed by atoms with van der Waals surface area (Å²) in [7, 11) is 0. The van der Waals surface area contributed by atoms with Gasteiger partial charge in [-0.3, -0.25) is 14.4 Å². The lowest BCUT2D eigenvalue weighted by atomic mass is 10.0. The predicted molar refractivity (Wildman–Crippen MR) is 140 cm³/mol. The van der Waals surface area contributed by atoms with E-state index in [0.717, 1.165) is 5.56 Å². The SMILES string of the molecule is CCOc1cccc(NC(=O)[C@H](CCc2ccccc2)NC(=O)[C@@H](N)CC(=O)N(CCN)CCN)c1. The van der Waals surface area contributed by atoms with Crippen LogP contribution in [0, 0.1) is 0 Å². The topological polar surface area (TPSA) is 166 Å². The van der Waals surface area contributed by atoms with Crippen molar-refractivity contribution in [3.8, 4) is 5.75 Å². The second kappa shape index (κ2) is 15.5. The van der Waals surface area contributed by atoms with E-state index in [1.54, 1.807) is 24.3 Å². The van der Waals surface area contributed by atoms with Gasteiger partial charge < -0.3 is 37.5 Å². The first-order chi connectivity index (χ1) is 17.4. The van der Waals surface area contributed by atoms with Crippen LogP contribution in [0.4, 0.5) is 5.69 Å². The molecule has 0 saturated carbocycles. The minimum atomic E-state index is -1.12. The van der Waals surface area contributed by atoms with Gasteiger partial charge in [-0.1, -0.05) is 36.4 Å². The molecule has 36 heavy (non-hydrogen) atoms. The summed E-state index contributed by atoms with van der Waals surface area (Å²) in [6, 6.07) is 14.7. The largest absolute Gasteiger partial charge is 0.494 e. The molecule has 0 saturated heterocycles. The fourth-order valence-electron chi connectivity index (χ4n) is 3.65. The molecule has 2 atom stereocenters. The van der Waals surface area contributed by atoms with Gasteiger partial charge in [-0.15, -0.1) is 0 Å². The monoisotopic (exact) mass is 498 g/mol. The first-order valence-corrected chi connectivity index (χ1v) is 12.2. The molecule has 0 unspecified atom stereocenters. The van der Waals surface area contributed by atoms with Crippen molar-refractivity contribution in [3.05, 3.63) is 60.2 Å². The number of rotatable bonds is 15. The molecule has 2 aromatic carbocycles. The van der Waals surface area contributed by atoms with Crippen molar-refractivity contribution >= 4 is 23.4 Å². The molecule has 2 aromatic rings. The Balaban J connectivity index is 2.09. The molecule has 0 heterocycles. The Labute approximate surface area is 212 Å². The van der Waals surface area contributed by atoms with Crippen LogP contribution in [0.3, 0.4) is 0 Å². The Morgan fingerprint density at radius 3 is 2.31 bits per heavy atom. The van der Waals surface area contributed by atoms with Gasteiger partial charge in [0.25, 0.3) is 0 Å². The van der Waals surface area contributed by atoms with Gasteiger partial charge in [0.2, 0.25) is 17.7 Å². The van der Waals surface area contributed by atoms with E-state index in [0.29, 0.717) is 44.0 Å². The molecule has 0 bridgehead atoms. The summed E-state index contributed by atoms with van der Waals surface area (Å²) >= 11 is 0. The van der Waals surface area contributed by atoms with E-state index in [9.17, 15) is 14.4 Å². The van der Waals surface area contributed by atoms with Gasteiger partial charge in [0.1, 0.15) is 11.8 Å². The zero-order valence-electron chi connectivity index (χ0n) is 20.8. The molecule has 10 nitrogen and oxygen atoms in total. The van der Waals surface area contributed by atoms with Crippen molar-refractivity contribution in [2.45, 2.75) is 38.3 Å². The third kappa shape index (κ3) is 9.65. The molecule has 0 spiro atoms. The quantitative estimate of drug-likeness (QED) is 0.240. The van der Waals surface area contributed by atoms with Crippen LogP contribution >= 0.6 is 0 Å². The number of ether oxygens (including phenoxy) is 1. The average molecular weight is 499 g/mol. The van der Waals surface area contributed by atoms with Crippen LogP contribution in [0.2, 0.25) is 0 Å². The molecule has 0 fully saturated rings. The van der Waals surface area contributed by atoms with E-state index in [-0.39, 0.29) is 31.3 Å². The Kier molecular flexibility index (Phi) is 12.4. The zero-order chi connectivity index (χ0) is 26.3. The van der Waals surface area contributed by atoms with Gasteiger partial charge in [-0.05, 0) is 37.5 Å². The van der Waals surface area contributed by atoms with Gasteiger partial charge in [-0.25, -0.2) is 0 Å². The molecule has 196 valence electrons. The highest BCUT2D eigenvalue weighted by Crippen LogP contribution is 2.18. The molecule has 0 aliphatic rings. The molecule has 8 N–H and O–H groups in total. The Hall–Kier alpha value is -3.47. The van der Waals surface area contributed by atoms with Crippen molar-refractivity contribution in [2.24, 2.45) is 17.2 Å². The lowest BCUT2D eigenvalue weighted by molar-refractivity contribution is -0.134. The third-order valence-corrected chi connectivity index (χ3v) is 5.49. The van der Waals surface area contributed by atoms with Crippen LogP contribution in [-0.4, -0.2) is 67.5 Å². The number of amides is 3. The molecule has 2 rings (SSSR count). The Morgan fingerprint density at radius 1 is 0.972 bits per heavy atom. The van der Waals surface area contributed by atoms with Crippen molar-refractivity contribution < 1.29 is 19.1 Å². The van der Waals surface area contributed by atoms with Crippen LogP contribution in [-0.2, 0) is 20.8 Å². The second-order valence-corrected chi connectivity index (χ2v) is 8.30. The van der Waals surface area contributed by atoms with Crippen molar-refractivity contribution in [1.82, 2.24) is 10.2 Å². The van der Waals surface area contributed by atoms with E-state index in [1.165, 1.54) is 4.90 Å². The van der Waals surface area contributed by atoms with Crippen LogP contribution in [0.15, 0.2) is 54.6 Å². The van der Waals surface area contributed by atoms with Gasteiger partial charge in [0.05, 0.1) is 19.1 Å². The number of carbonyl (C=O) groups excluding carboxylic acids is 3. The number of hydrogen-bond donors (Lipinski definition) is 5.